The van der Waals surface area contributed by atoms with Crippen LogP contribution in [0, 0.1) is 0 Å². The second kappa shape index (κ2) is 6.60. The average Bonchev–Trinajstić information content (AvgIpc) is 3.10. The predicted molar refractivity (Wildman–Crippen MR) is 86.3 cm³/mol. The van der Waals surface area contributed by atoms with Crippen molar-refractivity contribution in [3.05, 3.63) is 35.7 Å². The molecule has 1 N–H and O–H groups in total. The summed E-state index contributed by atoms with van der Waals surface area (Å²) in [5.41, 5.74) is 3.19. The van der Waals surface area contributed by atoms with Gasteiger partial charge in [0.25, 0.3) is 0 Å². The number of nitrogens with one attached hydrogen (secondary N) is 1. The van der Waals surface area contributed by atoms with E-state index in [0.717, 1.165) is 36.5 Å². The summed E-state index contributed by atoms with van der Waals surface area (Å²) in [6.07, 6.45) is 5.02. The Hall–Kier alpha value is -2.05. The molecule has 1 atom stereocenters. The highest BCUT2D eigenvalue weighted by Crippen LogP contribution is 2.28. The minimum absolute atomic E-state index is 0.0778. The lowest BCUT2D eigenvalue weighted by molar-refractivity contribution is -0.0819. The van der Waals surface area contributed by atoms with Crippen LogP contribution in [0.2, 0.25) is 0 Å². The molecular weight excluding hydrogens is 292 g/mol. The van der Waals surface area contributed by atoms with Gasteiger partial charge in [-0.3, -0.25) is 4.98 Å². The van der Waals surface area contributed by atoms with Crippen molar-refractivity contribution in [1.82, 2.24) is 15.0 Å². The predicted octanol–water partition coefficient (Wildman–Crippen LogP) is 1.85. The van der Waals surface area contributed by atoms with Gasteiger partial charge in [0.15, 0.2) is 5.82 Å². The summed E-state index contributed by atoms with van der Waals surface area (Å²) >= 11 is 0. The zero-order chi connectivity index (χ0) is 15.5. The van der Waals surface area contributed by atoms with Crippen LogP contribution in [0.4, 0.5) is 5.82 Å². The minimum atomic E-state index is 0.0778. The van der Waals surface area contributed by atoms with Crippen LogP contribution in [0.5, 0.6) is 0 Å². The molecule has 1 aliphatic heterocycles. The molecule has 23 heavy (non-hydrogen) atoms. The van der Waals surface area contributed by atoms with Crippen LogP contribution in [-0.4, -0.2) is 47.4 Å². The molecule has 1 unspecified atom stereocenters. The molecule has 120 valence electrons. The number of hydrogen-bond acceptors (Lipinski definition) is 6. The van der Waals surface area contributed by atoms with Gasteiger partial charge in [0, 0.05) is 24.0 Å². The van der Waals surface area contributed by atoms with E-state index >= 15 is 0 Å². The summed E-state index contributed by atoms with van der Waals surface area (Å²) in [5, 5.41) is 3.44. The molecule has 0 amide bonds. The number of anilines is 1. The van der Waals surface area contributed by atoms with Gasteiger partial charge < -0.3 is 14.8 Å². The molecule has 2 aromatic rings. The van der Waals surface area contributed by atoms with Crippen LogP contribution < -0.4 is 5.32 Å². The lowest BCUT2D eigenvalue weighted by Crippen LogP contribution is -2.34. The lowest BCUT2D eigenvalue weighted by atomic mass is 10.2. The van der Waals surface area contributed by atoms with E-state index in [1.807, 2.05) is 18.2 Å². The molecule has 1 aliphatic carbocycles. The molecule has 0 spiro atoms. The fraction of sp³-hybridized carbons (Fsp3) is 0.471. The Morgan fingerprint density at radius 2 is 2.17 bits per heavy atom. The number of ether oxygens (including phenoxy) is 2. The van der Waals surface area contributed by atoms with Crippen molar-refractivity contribution >= 4 is 5.82 Å². The summed E-state index contributed by atoms with van der Waals surface area (Å²) < 4.78 is 11.1. The third-order valence-electron chi connectivity index (χ3n) is 4.21. The average molecular weight is 312 g/mol. The first-order valence-electron chi connectivity index (χ1n) is 8.14. The number of nitrogens with zero attached hydrogens (tertiary/aromatic N) is 3. The molecular formula is C17H20N4O2. The molecule has 6 heteroatoms. The molecule has 1 fully saturated rings. The van der Waals surface area contributed by atoms with E-state index in [4.69, 9.17) is 19.4 Å². The van der Waals surface area contributed by atoms with Crippen molar-refractivity contribution in [2.24, 2.45) is 0 Å². The number of hydrogen-bond donors (Lipinski definition) is 1. The molecule has 0 radical (unpaired) electrons. The van der Waals surface area contributed by atoms with Crippen molar-refractivity contribution in [1.29, 1.82) is 0 Å². The van der Waals surface area contributed by atoms with Gasteiger partial charge in [0.1, 0.15) is 11.5 Å². The smallest absolute Gasteiger partial charge is 0.180 e. The number of pyridine rings is 1. The minimum Gasteiger partial charge on any atom is -0.376 e. The van der Waals surface area contributed by atoms with E-state index < -0.39 is 0 Å². The van der Waals surface area contributed by atoms with Gasteiger partial charge in [-0.25, -0.2) is 9.97 Å². The number of aromatic nitrogens is 3. The second-order valence-corrected chi connectivity index (χ2v) is 5.84. The van der Waals surface area contributed by atoms with Gasteiger partial charge in [-0.1, -0.05) is 6.07 Å². The van der Waals surface area contributed by atoms with Gasteiger partial charge in [-0.15, -0.1) is 0 Å². The lowest BCUT2D eigenvalue weighted by Gasteiger charge is -2.23. The molecule has 2 aliphatic rings. The molecule has 3 heterocycles. The van der Waals surface area contributed by atoms with Gasteiger partial charge >= 0.3 is 0 Å². The number of aryl methyl sites for hydroxylation is 1. The van der Waals surface area contributed by atoms with Crippen molar-refractivity contribution in [3.8, 4) is 11.5 Å². The fourth-order valence-corrected chi connectivity index (χ4v) is 3.05. The normalized spacial score (nSPS) is 20.3. The highest BCUT2D eigenvalue weighted by molar-refractivity contribution is 5.57. The van der Waals surface area contributed by atoms with E-state index in [9.17, 15) is 0 Å². The van der Waals surface area contributed by atoms with E-state index in [-0.39, 0.29) is 6.10 Å². The summed E-state index contributed by atoms with van der Waals surface area (Å²) in [6, 6.07) is 5.80. The summed E-state index contributed by atoms with van der Waals surface area (Å²) in [4.78, 5) is 13.8. The Balaban J connectivity index is 1.59. The highest BCUT2D eigenvalue weighted by Gasteiger charge is 2.21. The summed E-state index contributed by atoms with van der Waals surface area (Å²) in [5.74, 6) is 1.61. The molecule has 1 saturated heterocycles. The molecule has 4 rings (SSSR count). The van der Waals surface area contributed by atoms with E-state index in [2.05, 4.69) is 10.3 Å². The number of fused-ring (bicyclic) bond motifs is 1. The van der Waals surface area contributed by atoms with E-state index in [1.54, 1.807) is 6.20 Å². The van der Waals surface area contributed by atoms with Crippen molar-refractivity contribution < 1.29 is 9.47 Å². The van der Waals surface area contributed by atoms with Crippen LogP contribution in [0.15, 0.2) is 24.4 Å². The summed E-state index contributed by atoms with van der Waals surface area (Å²) in [6.45, 7) is 2.68. The maximum atomic E-state index is 5.69. The van der Waals surface area contributed by atoms with Crippen LogP contribution in [0.1, 0.15) is 17.7 Å². The first-order chi connectivity index (χ1) is 11.4. The van der Waals surface area contributed by atoms with Crippen LogP contribution in [0.3, 0.4) is 0 Å². The van der Waals surface area contributed by atoms with Crippen LogP contribution in [0.25, 0.3) is 11.5 Å². The topological polar surface area (TPSA) is 69.2 Å². The van der Waals surface area contributed by atoms with Crippen LogP contribution >= 0.6 is 0 Å². The van der Waals surface area contributed by atoms with Gasteiger partial charge in [-0.05, 0) is 31.4 Å². The number of rotatable bonds is 4. The summed E-state index contributed by atoms with van der Waals surface area (Å²) in [7, 11) is 0. The molecule has 0 aromatic carbocycles. The Bertz CT molecular complexity index is 672. The molecule has 0 bridgehead atoms. The Kier molecular flexibility index (Phi) is 4.17. The Morgan fingerprint density at radius 3 is 3.00 bits per heavy atom. The van der Waals surface area contributed by atoms with Crippen molar-refractivity contribution in [3.63, 3.8) is 0 Å². The fourth-order valence-electron chi connectivity index (χ4n) is 3.05. The van der Waals surface area contributed by atoms with Crippen molar-refractivity contribution in [2.75, 3.05) is 31.7 Å². The Morgan fingerprint density at radius 1 is 1.17 bits per heavy atom. The maximum Gasteiger partial charge on any atom is 0.180 e. The molecule has 0 saturated carbocycles. The largest absolute Gasteiger partial charge is 0.376 e. The van der Waals surface area contributed by atoms with Gasteiger partial charge in [0.05, 0.1) is 25.9 Å². The van der Waals surface area contributed by atoms with Gasteiger partial charge in [-0.2, -0.15) is 0 Å². The van der Waals surface area contributed by atoms with E-state index in [0.29, 0.717) is 32.2 Å². The second-order valence-electron chi connectivity index (χ2n) is 5.84. The first-order valence-corrected chi connectivity index (χ1v) is 8.14. The quantitative estimate of drug-likeness (QED) is 0.929. The highest BCUT2D eigenvalue weighted by atomic mass is 16.6. The zero-order valence-electron chi connectivity index (χ0n) is 13.0. The molecule has 2 aromatic heterocycles. The molecule has 6 nitrogen and oxygen atoms in total. The van der Waals surface area contributed by atoms with Crippen LogP contribution in [-0.2, 0) is 22.3 Å². The SMILES string of the molecule is c1ccc(-c2nc3c(c(NCC4COCCO4)n2)CCC3)nc1. The third-order valence-corrected chi connectivity index (χ3v) is 4.21. The zero-order valence-corrected chi connectivity index (χ0v) is 13.0. The maximum absolute atomic E-state index is 5.69. The Labute approximate surface area is 135 Å². The standard InChI is InChI=1S/C17H20N4O2/c1-2-7-18-15(5-1)17-20-14-6-3-4-13(14)16(21-17)19-10-12-11-22-8-9-23-12/h1-2,5,7,12H,3-4,6,8-11H2,(H,19,20,21). The monoisotopic (exact) mass is 312 g/mol. The van der Waals surface area contributed by atoms with Crippen molar-refractivity contribution in [2.45, 2.75) is 25.4 Å². The first kappa shape index (κ1) is 14.5. The van der Waals surface area contributed by atoms with Gasteiger partial charge in [0.2, 0.25) is 0 Å². The van der Waals surface area contributed by atoms with E-state index in [1.165, 1.54) is 5.56 Å². The third kappa shape index (κ3) is 3.18.